The third-order valence-electron chi connectivity index (χ3n) is 3.90. The summed E-state index contributed by atoms with van der Waals surface area (Å²) in [5, 5.41) is 0.215. The second-order valence-corrected chi connectivity index (χ2v) is 7.92. The van der Waals surface area contributed by atoms with E-state index in [1.807, 2.05) is 18.2 Å². The summed E-state index contributed by atoms with van der Waals surface area (Å²) in [5.74, 6) is -0.0455. The predicted octanol–water partition coefficient (Wildman–Crippen LogP) is 1.75. The molecule has 0 radical (unpaired) electrons. The summed E-state index contributed by atoms with van der Waals surface area (Å²) in [4.78, 5) is 13.8. The first kappa shape index (κ1) is 13.6. The van der Waals surface area contributed by atoms with Crippen LogP contribution in [0.25, 0.3) is 6.08 Å². The highest BCUT2D eigenvalue weighted by Gasteiger charge is 2.49. The number of hydrogen-bond donors (Lipinski definition) is 0. The standard InChI is InChI=1S/C14H14ClNO3S/c15-13-4-2-1-3-10(13)5-6-14(17)16-8-12-7-11(16)9-20(12,18)19/h1-6,11-12H,7-9H2/b6-5+. The number of fused-ring (bicyclic) bond motifs is 2. The van der Waals surface area contributed by atoms with Gasteiger partial charge in [0.2, 0.25) is 5.91 Å². The third kappa shape index (κ3) is 2.36. The Labute approximate surface area is 122 Å². The zero-order chi connectivity index (χ0) is 14.3. The number of nitrogens with zero attached hydrogens (tertiary/aromatic N) is 1. The molecule has 6 heteroatoms. The van der Waals surface area contributed by atoms with Crippen LogP contribution in [0.2, 0.25) is 5.02 Å². The van der Waals surface area contributed by atoms with Crippen LogP contribution in [-0.4, -0.2) is 42.8 Å². The summed E-state index contributed by atoms with van der Waals surface area (Å²) >= 11 is 6.01. The van der Waals surface area contributed by atoms with Crippen molar-refractivity contribution in [3.8, 4) is 0 Å². The summed E-state index contributed by atoms with van der Waals surface area (Å²) < 4.78 is 23.3. The highest BCUT2D eigenvalue weighted by molar-refractivity contribution is 7.92. The molecule has 2 fully saturated rings. The van der Waals surface area contributed by atoms with Gasteiger partial charge in [0.15, 0.2) is 9.84 Å². The molecule has 3 rings (SSSR count). The van der Waals surface area contributed by atoms with Crippen LogP contribution in [-0.2, 0) is 14.6 Å². The lowest BCUT2D eigenvalue weighted by atomic mass is 10.2. The fourth-order valence-electron chi connectivity index (χ4n) is 2.83. The van der Waals surface area contributed by atoms with E-state index in [1.165, 1.54) is 6.08 Å². The molecule has 2 unspecified atom stereocenters. The Morgan fingerprint density at radius 3 is 2.70 bits per heavy atom. The molecule has 1 amide bonds. The molecule has 1 aromatic carbocycles. The van der Waals surface area contributed by atoms with Crippen LogP contribution in [0.15, 0.2) is 30.3 Å². The minimum Gasteiger partial charge on any atom is -0.334 e. The maximum absolute atomic E-state index is 12.1. The number of carbonyl (C=O) groups is 1. The average molecular weight is 312 g/mol. The molecule has 1 aromatic rings. The Bertz CT molecular complexity index is 683. The fourth-order valence-corrected chi connectivity index (χ4v) is 5.06. The second kappa shape index (κ2) is 4.90. The van der Waals surface area contributed by atoms with Gasteiger partial charge >= 0.3 is 0 Å². The lowest BCUT2D eigenvalue weighted by Gasteiger charge is -2.25. The van der Waals surface area contributed by atoms with E-state index in [0.29, 0.717) is 18.0 Å². The van der Waals surface area contributed by atoms with E-state index in [0.717, 1.165) is 5.56 Å². The summed E-state index contributed by atoms with van der Waals surface area (Å²) in [6, 6.07) is 7.10. The monoisotopic (exact) mass is 311 g/mol. The Morgan fingerprint density at radius 2 is 2.10 bits per heavy atom. The van der Waals surface area contributed by atoms with E-state index in [1.54, 1.807) is 17.0 Å². The number of amides is 1. The highest BCUT2D eigenvalue weighted by atomic mass is 35.5. The summed E-state index contributed by atoms with van der Waals surface area (Å²) in [5.41, 5.74) is 0.777. The first-order chi connectivity index (χ1) is 9.47. The summed E-state index contributed by atoms with van der Waals surface area (Å²) in [6.45, 7) is 0.318. The van der Waals surface area contributed by atoms with Crippen LogP contribution in [0.4, 0.5) is 0 Å². The molecule has 0 saturated carbocycles. The number of halogens is 1. The number of benzene rings is 1. The van der Waals surface area contributed by atoms with Crippen LogP contribution in [0.1, 0.15) is 12.0 Å². The van der Waals surface area contributed by atoms with Crippen LogP contribution >= 0.6 is 11.6 Å². The van der Waals surface area contributed by atoms with Crippen molar-refractivity contribution >= 4 is 33.4 Å². The lowest BCUT2D eigenvalue weighted by Crippen LogP contribution is -2.43. The van der Waals surface area contributed by atoms with E-state index in [2.05, 4.69) is 0 Å². The molecule has 0 aliphatic carbocycles. The molecule has 2 heterocycles. The average Bonchev–Trinajstić information content (AvgIpc) is 2.93. The number of carbonyl (C=O) groups excluding carboxylic acids is 1. The third-order valence-corrected chi connectivity index (χ3v) is 6.45. The first-order valence-electron chi connectivity index (χ1n) is 6.42. The minimum absolute atomic E-state index is 0.101. The molecule has 2 aliphatic rings. The topological polar surface area (TPSA) is 54.5 Å². The first-order valence-corrected chi connectivity index (χ1v) is 8.51. The van der Waals surface area contributed by atoms with Crippen molar-refractivity contribution in [1.82, 2.24) is 4.90 Å². The zero-order valence-corrected chi connectivity index (χ0v) is 12.3. The van der Waals surface area contributed by atoms with Gasteiger partial charge in [-0.15, -0.1) is 0 Å². The SMILES string of the molecule is O=C(/C=C/c1ccccc1Cl)N1CC2CC1CS2(=O)=O. The van der Waals surface area contributed by atoms with Crippen molar-refractivity contribution in [3.05, 3.63) is 40.9 Å². The van der Waals surface area contributed by atoms with Gasteiger partial charge < -0.3 is 4.90 Å². The largest absolute Gasteiger partial charge is 0.334 e. The quantitative estimate of drug-likeness (QED) is 0.782. The van der Waals surface area contributed by atoms with Crippen LogP contribution in [0.3, 0.4) is 0 Å². The maximum atomic E-state index is 12.1. The molecule has 2 aliphatic heterocycles. The number of rotatable bonds is 2. The minimum atomic E-state index is -2.97. The molecule has 2 bridgehead atoms. The van der Waals surface area contributed by atoms with Gasteiger partial charge in [0.25, 0.3) is 0 Å². The van der Waals surface area contributed by atoms with E-state index in [9.17, 15) is 13.2 Å². The smallest absolute Gasteiger partial charge is 0.246 e. The predicted molar refractivity (Wildman–Crippen MR) is 78.2 cm³/mol. The second-order valence-electron chi connectivity index (χ2n) is 5.19. The van der Waals surface area contributed by atoms with E-state index in [-0.39, 0.29) is 23.0 Å². The number of likely N-dealkylation sites (tertiary alicyclic amines) is 1. The van der Waals surface area contributed by atoms with Gasteiger partial charge in [-0.1, -0.05) is 29.8 Å². The molecule has 0 spiro atoms. The van der Waals surface area contributed by atoms with Gasteiger partial charge in [-0.2, -0.15) is 0 Å². The Morgan fingerprint density at radius 1 is 1.35 bits per heavy atom. The molecular formula is C14H14ClNO3S. The molecule has 2 saturated heterocycles. The Kier molecular flexibility index (Phi) is 3.34. The summed E-state index contributed by atoms with van der Waals surface area (Å²) in [6.07, 6.45) is 3.72. The molecule has 4 nitrogen and oxygen atoms in total. The van der Waals surface area contributed by atoms with E-state index in [4.69, 9.17) is 11.6 Å². The normalized spacial score (nSPS) is 27.4. The van der Waals surface area contributed by atoms with Gasteiger partial charge in [-0.05, 0) is 24.1 Å². The van der Waals surface area contributed by atoms with Crippen molar-refractivity contribution in [2.24, 2.45) is 0 Å². The van der Waals surface area contributed by atoms with Crippen molar-refractivity contribution in [2.75, 3.05) is 12.3 Å². The number of hydrogen-bond acceptors (Lipinski definition) is 3. The lowest BCUT2D eigenvalue weighted by molar-refractivity contribution is -0.126. The molecule has 20 heavy (non-hydrogen) atoms. The van der Waals surface area contributed by atoms with Crippen molar-refractivity contribution in [1.29, 1.82) is 0 Å². The van der Waals surface area contributed by atoms with Gasteiger partial charge in [0.05, 0.1) is 11.0 Å². The van der Waals surface area contributed by atoms with Gasteiger partial charge in [-0.25, -0.2) is 8.42 Å². The zero-order valence-electron chi connectivity index (χ0n) is 10.7. The van der Waals surface area contributed by atoms with Crippen molar-refractivity contribution in [2.45, 2.75) is 17.7 Å². The van der Waals surface area contributed by atoms with Crippen LogP contribution in [0.5, 0.6) is 0 Å². The molecule has 0 aromatic heterocycles. The Hall–Kier alpha value is -1.33. The van der Waals surface area contributed by atoms with E-state index >= 15 is 0 Å². The molecular weight excluding hydrogens is 298 g/mol. The van der Waals surface area contributed by atoms with E-state index < -0.39 is 9.84 Å². The van der Waals surface area contributed by atoms with Crippen LogP contribution < -0.4 is 0 Å². The molecule has 0 N–H and O–H groups in total. The molecule has 106 valence electrons. The Balaban J connectivity index is 1.72. The van der Waals surface area contributed by atoms with Gasteiger partial charge in [0, 0.05) is 23.7 Å². The van der Waals surface area contributed by atoms with Crippen LogP contribution in [0, 0.1) is 0 Å². The number of sulfone groups is 1. The molecule has 2 atom stereocenters. The summed E-state index contributed by atoms with van der Waals surface area (Å²) in [7, 11) is -2.97. The fraction of sp³-hybridized carbons (Fsp3) is 0.357. The maximum Gasteiger partial charge on any atom is 0.246 e. The van der Waals surface area contributed by atoms with Gasteiger partial charge in [-0.3, -0.25) is 4.79 Å². The van der Waals surface area contributed by atoms with Crippen molar-refractivity contribution in [3.63, 3.8) is 0 Å². The van der Waals surface area contributed by atoms with Crippen molar-refractivity contribution < 1.29 is 13.2 Å². The highest BCUT2D eigenvalue weighted by Crippen LogP contribution is 2.33. The van der Waals surface area contributed by atoms with Gasteiger partial charge in [0.1, 0.15) is 0 Å².